The topological polar surface area (TPSA) is 66.5 Å². The molecular weight excluding hydrogens is 336 g/mol. The fourth-order valence-electron chi connectivity index (χ4n) is 4.04. The van der Waals surface area contributed by atoms with E-state index in [0.717, 1.165) is 11.0 Å². The molecule has 0 spiro atoms. The van der Waals surface area contributed by atoms with Crippen LogP contribution in [0.5, 0.6) is 0 Å². The van der Waals surface area contributed by atoms with Crippen LogP contribution in [-0.2, 0) is 14.4 Å². The molecule has 3 aliphatic rings. The van der Waals surface area contributed by atoms with Crippen molar-refractivity contribution in [3.05, 3.63) is 12.2 Å². The molecule has 5 nitrogen and oxygen atoms in total. The molecule has 0 aromatic heterocycles. The summed E-state index contributed by atoms with van der Waals surface area (Å²) in [5, 5.41) is 3.67. The molecule has 3 rings (SSSR count). The standard InChI is InChI=1S/C19H28N2O3S/c22-17(20-11-13-25-14-6-2-1-3-7-14)10-12-21-18(23)15-8-4-5-9-16(15)19(21)24/h4-5,14-16H,1-3,6-13H2,(H,20,22)/t15-,16+. The third kappa shape index (κ3) is 4.66. The minimum absolute atomic E-state index is 0.0714. The van der Waals surface area contributed by atoms with E-state index in [-0.39, 0.29) is 42.5 Å². The Morgan fingerprint density at radius 1 is 1.08 bits per heavy atom. The van der Waals surface area contributed by atoms with Crippen LogP contribution in [0.25, 0.3) is 0 Å². The van der Waals surface area contributed by atoms with Crippen LogP contribution in [-0.4, -0.2) is 46.7 Å². The number of amides is 3. The van der Waals surface area contributed by atoms with Gasteiger partial charge in [-0.25, -0.2) is 0 Å². The van der Waals surface area contributed by atoms with Crippen molar-refractivity contribution in [3.8, 4) is 0 Å². The van der Waals surface area contributed by atoms with Gasteiger partial charge in [-0.3, -0.25) is 19.3 Å². The van der Waals surface area contributed by atoms with Gasteiger partial charge in [-0.15, -0.1) is 0 Å². The van der Waals surface area contributed by atoms with Crippen LogP contribution in [0.3, 0.4) is 0 Å². The van der Waals surface area contributed by atoms with E-state index in [0.29, 0.717) is 19.4 Å². The molecule has 0 aromatic rings. The van der Waals surface area contributed by atoms with Gasteiger partial charge in [0.15, 0.2) is 0 Å². The van der Waals surface area contributed by atoms with Crippen molar-refractivity contribution in [2.24, 2.45) is 11.8 Å². The van der Waals surface area contributed by atoms with E-state index in [9.17, 15) is 14.4 Å². The summed E-state index contributed by atoms with van der Waals surface area (Å²) in [6.07, 6.45) is 12.1. The van der Waals surface area contributed by atoms with Crippen molar-refractivity contribution in [3.63, 3.8) is 0 Å². The molecule has 1 heterocycles. The van der Waals surface area contributed by atoms with E-state index in [2.05, 4.69) is 5.32 Å². The largest absolute Gasteiger partial charge is 0.355 e. The van der Waals surface area contributed by atoms with Crippen molar-refractivity contribution >= 4 is 29.5 Å². The molecule has 2 fully saturated rings. The van der Waals surface area contributed by atoms with Gasteiger partial charge in [0.2, 0.25) is 17.7 Å². The fourth-order valence-corrected chi connectivity index (χ4v) is 5.26. The first kappa shape index (κ1) is 18.5. The van der Waals surface area contributed by atoms with Crippen molar-refractivity contribution in [2.45, 2.75) is 56.6 Å². The summed E-state index contributed by atoms with van der Waals surface area (Å²) in [5.41, 5.74) is 0. The van der Waals surface area contributed by atoms with Gasteiger partial charge < -0.3 is 5.32 Å². The Kier molecular flexibility index (Phi) is 6.57. The summed E-state index contributed by atoms with van der Waals surface area (Å²) in [6, 6.07) is 0. The molecule has 0 unspecified atom stereocenters. The zero-order valence-electron chi connectivity index (χ0n) is 14.7. The number of hydrogen-bond donors (Lipinski definition) is 1. The second kappa shape index (κ2) is 8.88. The van der Waals surface area contributed by atoms with Crippen molar-refractivity contribution in [2.75, 3.05) is 18.8 Å². The number of imide groups is 1. The molecule has 0 radical (unpaired) electrons. The molecule has 6 heteroatoms. The minimum atomic E-state index is -0.201. The third-order valence-corrected chi connectivity index (χ3v) is 6.87. The summed E-state index contributed by atoms with van der Waals surface area (Å²) < 4.78 is 0. The first-order valence-corrected chi connectivity index (χ1v) is 10.6. The number of nitrogens with one attached hydrogen (secondary N) is 1. The molecule has 2 aliphatic carbocycles. The van der Waals surface area contributed by atoms with E-state index in [4.69, 9.17) is 0 Å². The Morgan fingerprint density at radius 2 is 1.72 bits per heavy atom. The Morgan fingerprint density at radius 3 is 2.36 bits per heavy atom. The molecule has 1 aliphatic heterocycles. The Labute approximate surface area is 154 Å². The first-order chi connectivity index (χ1) is 12.2. The maximum absolute atomic E-state index is 12.3. The zero-order valence-corrected chi connectivity index (χ0v) is 15.6. The van der Waals surface area contributed by atoms with E-state index >= 15 is 0 Å². The number of carbonyl (C=O) groups is 3. The highest BCUT2D eigenvalue weighted by atomic mass is 32.2. The predicted octanol–water partition coefficient (Wildman–Crippen LogP) is 2.51. The van der Waals surface area contributed by atoms with Crippen LogP contribution < -0.4 is 5.32 Å². The molecule has 138 valence electrons. The highest BCUT2D eigenvalue weighted by Crippen LogP contribution is 2.35. The van der Waals surface area contributed by atoms with Crippen LogP contribution in [0.2, 0.25) is 0 Å². The van der Waals surface area contributed by atoms with Gasteiger partial charge in [0.25, 0.3) is 0 Å². The molecular formula is C19H28N2O3S. The Bertz CT molecular complexity index is 517. The van der Waals surface area contributed by atoms with Crippen molar-refractivity contribution in [1.29, 1.82) is 0 Å². The second-order valence-corrected chi connectivity index (χ2v) is 8.62. The van der Waals surface area contributed by atoms with Gasteiger partial charge in [-0.05, 0) is 25.7 Å². The number of nitrogens with zero attached hydrogens (tertiary/aromatic N) is 1. The third-order valence-electron chi connectivity index (χ3n) is 5.49. The van der Waals surface area contributed by atoms with Crippen LogP contribution in [0.15, 0.2) is 12.2 Å². The summed E-state index contributed by atoms with van der Waals surface area (Å²) in [7, 11) is 0. The first-order valence-electron chi connectivity index (χ1n) is 9.55. The van der Waals surface area contributed by atoms with Crippen LogP contribution in [0, 0.1) is 11.8 Å². The van der Waals surface area contributed by atoms with Gasteiger partial charge in [0.1, 0.15) is 0 Å². The molecule has 25 heavy (non-hydrogen) atoms. The quantitative estimate of drug-likeness (QED) is 0.428. The molecule has 0 bridgehead atoms. The van der Waals surface area contributed by atoms with Gasteiger partial charge >= 0.3 is 0 Å². The van der Waals surface area contributed by atoms with Crippen molar-refractivity contribution < 1.29 is 14.4 Å². The van der Waals surface area contributed by atoms with Crippen molar-refractivity contribution in [1.82, 2.24) is 10.2 Å². The summed E-state index contributed by atoms with van der Waals surface area (Å²) in [6.45, 7) is 0.878. The fraction of sp³-hybridized carbons (Fsp3) is 0.737. The molecule has 1 saturated heterocycles. The average molecular weight is 365 g/mol. The second-order valence-electron chi connectivity index (χ2n) is 7.21. The van der Waals surface area contributed by atoms with Gasteiger partial charge in [0.05, 0.1) is 11.8 Å². The van der Waals surface area contributed by atoms with E-state index in [1.165, 1.54) is 37.0 Å². The SMILES string of the molecule is O=C(CCN1C(=O)[C@H]2CC=CC[C@H]2C1=O)NCCSC1CCCCC1. The number of allylic oxidation sites excluding steroid dienone is 2. The lowest BCUT2D eigenvalue weighted by molar-refractivity contribution is -0.140. The maximum atomic E-state index is 12.3. The number of thioether (sulfide) groups is 1. The Hall–Kier alpha value is -1.30. The van der Waals surface area contributed by atoms with E-state index in [1.807, 2.05) is 23.9 Å². The molecule has 1 N–H and O–H groups in total. The van der Waals surface area contributed by atoms with E-state index < -0.39 is 0 Å². The lowest BCUT2D eigenvalue weighted by Crippen LogP contribution is -2.36. The summed E-state index contributed by atoms with van der Waals surface area (Å²) in [4.78, 5) is 38.0. The molecule has 1 saturated carbocycles. The summed E-state index contributed by atoms with van der Waals surface area (Å²) >= 11 is 1.96. The minimum Gasteiger partial charge on any atom is -0.355 e. The monoisotopic (exact) mass is 364 g/mol. The number of hydrogen-bond acceptors (Lipinski definition) is 4. The smallest absolute Gasteiger partial charge is 0.233 e. The molecule has 3 amide bonds. The number of rotatable bonds is 7. The number of fused-ring (bicyclic) bond motifs is 1. The predicted molar refractivity (Wildman–Crippen MR) is 99.0 cm³/mol. The number of likely N-dealkylation sites (tertiary alicyclic amines) is 1. The lowest BCUT2D eigenvalue weighted by atomic mass is 9.85. The highest BCUT2D eigenvalue weighted by Gasteiger charge is 2.46. The zero-order chi connectivity index (χ0) is 17.6. The normalized spacial score (nSPS) is 26.8. The van der Waals surface area contributed by atoms with Crippen LogP contribution >= 0.6 is 11.8 Å². The summed E-state index contributed by atoms with van der Waals surface area (Å²) in [5.74, 6) is 0.270. The Balaban J connectivity index is 1.33. The van der Waals surface area contributed by atoms with E-state index in [1.54, 1.807) is 0 Å². The average Bonchev–Trinajstić information content (AvgIpc) is 2.89. The van der Waals surface area contributed by atoms with Gasteiger partial charge in [0, 0.05) is 30.5 Å². The van der Waals surface area contributed by atoms with Gasteiger partial charge in [-0.2, -0.15) is 11.8 Å². The molecule has 2 atom stereocenters. The molecule has 0 aromatic carbocycles. The maximum Gasteiger partial charge on any atom is 0.233 e. The lowest BCUT2D eigenvalue weighted by Gasteiger charge is -2.21. The van der Waals surface area contributed by atoms with Crippen LogP contribution in [0.4, 0.5) is 0 Å². The van der Waals surface area contributed by atoms with Gasteiger partial charge in [-0.1, -0.05) is 31.4 Å². The highest BCUT2D eigenvalue weighted by molar-refractivity contribution is 7.99. The number of carbonyl (C=O) groups excluding carboxylic acids is 3. The van der Waals surface area contributed by atoms with Crippen LogP contribution in [0.1, 0.15) is 51.4 Å².